The molecule has 18 heavy (non-hydrogen) atoms. The standard InChI is InChI=1S/C5H12O.C3H6O2.C3H8O2.CH5N/c1-2-3-4-5-6;1-3(4)5-2;1-3(2,4)5;1-2/h6H,2-5H2,1H3;1-2H3;4-5H,1-2H3;2H2,1H3. The maximum absolute atomic E-state index is 9.59. The molecule has 0 atom stereocenters. The molecule has 0 aromatic carbocycles. The van der Waals surface area contributed by atoms with Crippen molar-refractivity contribution in [3.05, 3.63) is 0 Å². The van der Waals surface area contributed by atoms with E-state index in [4.69, 9.17) is 15.3 Å². The van der Waals surface area contributed by atoms with Gasteiger partial charge < -0.3 is 25.8 Å². The Bertz CT molecular complexity index is 136. The summed E-state index contributed by atoms with van der Waals surface area (Å²) in [7, 11) is 2.85. The summed E-state index contributed by atoms with van der Waals surface area (Å²) in [6.07, 6.45) is 3.33. The molecule has 0 unspecified atom stereocenters. The second-order valence-electron chi connectivity index (χ2n) is 3.62. The van der Waals surface area contributed by atoms with Crippen LogP contribution in [0.4, 0.5) is 0 Å². The van der Waals surface area contributed by atoms with Gasteiger partial charge in [-0.2, -0.15) is 0 Å². The lowest BCUT2D eigenvalue weighted by atomic mass is 10.3. The van der Waals surface area contributed by atoms with Gasteiger partial charge in [0.05, 0.1) is 7.11 Å². The molecular formula is C12H31NO5. The minimum atomic E-state index is -1.50. The van der Waals surface area contributed by atoms with Crippen LogP contribution >= 0.6 is 0 Å². The van der Waals surface area contributed by atoms with Crippen LogP contribution in [-0.2, 0) is 9.53 Å². The molecule has 0 aromatic rings. The highest BCUT2D eigenvalue weighted by molar-refractivity contribution is 5.65. The van der Waals surface area contributed by atoms with E-state index in [1.165, 1.54) is 41.3 Å². The molecule has 6 heteroatoms. The molecule has 0 aliphatic heterocycles. The Hall–Kier alpha value is -0.690. The fraction of sp³-hybridized carbons (Fsp3) is 0.917. The number of ether oxygens (including phenoxy) is 1. The van der Waals surface area contributed by atoms with Crippen molar-refractivity contribution in [3.8, 4) is 0 Å². The van der Waals surface area contributed by atoms with Gasteiger partial charge in [0.2, 0.25) is 0 Å². The highest BCUT2D eigenvalue weighted by Gasteiger charge is 2.00. The zero-order valence-electron chi connectivity index (χ0n) is 12.6. The van der Waals surface area contributed by atoms with E-state index < -0.39 is 5.79 Å². The molecule has 0 spiro atoms. The van der Waals surface area contributed by atoms with Gasteiger partial charge in [0.15, 0.2) is 5.79 Å². The molecule has 0 fully saturated rings. The van der Waals surface area contributed by atoms with Crippen molar-refractivity contribution in [3.63, 3.8) is 0 Å². The molecule has 0 bridgehead atoms. The van der Waals surface area contributed by atoms with Crippen molar-refractivity contribution < 1.29 is 24.9 Å². The Morgan fingerprint density at radius 3 is 1.56 bits per heavy atom. The van der Waals surface area contributed by atoms with Gasteiger partial charge in [-0.15, -0.1) is 0 Å². The third-order valence-electron chi connectivity index (χ3n) is 1.05. The number of hydrogen-bond donors (Lipinski definition) is 4. The predicted octanol–water partition coefficient (Wildman–Crippen LogP) is 0.630. The predicted molar refractivity (Wildman–Crippen MR) is 72.9 cm³/mol. The highest BCUT2D eigenvalue weighted by atomic mass is 16.5. The van der Waals surface area contributed by atoms with E-state index in [1.807, 2.05) is 0 Å². The van der Waals surface area contributed by atoms with Crippen molar-refractivity contribution >= 4 is 5.97 Å². The molecule has 0 aliphatic carbocycles. The van der Waals surface area contributed by atoms with Crippen LogP contribution in [0.3, 0.4) is 0 Å². The Morgan fingerprint density at radius 2 is 1.50 bits per heavy atom. The summed E-state index contributed by atoms with van der Waals surface area (Å²) in [5.74, 6) is -1.75. The van der Waals surface area contributed by atoms with Gasteiger partial charge >= 0.3 is 5.97 Å². The van der Waals surface area contributed by atoms with Crippen LogP contribution in [0, 0.1) is 0 Å². The summed E-state index contributed by atoms with van der Waals surface area (Å²) in [4.78, 5) is 9.59. The molecule has 0 heterocycles. The van der Waals surface area contributed by atoms with Gasteiger partial charge in [-0.05, 0) is 27.3 Å². The molecular weight excluding hydrogens is 238 g/mol. The summed E-state index contributed by atoms with van der Waals surface area (Å²) >= 11 is 0. The second kappa shape index (κ2) is 21.6. The van der Waals surface area contributed by atoms with Gasteiger partial charge in [-0.1, -0.05) is 19.8 Å². The summed E-state index contributed by atoms with van der Waals surface area (Å²) in [6.45, 7) is 6.43. The van der Waals surface area contributed by atoms with E-state index in [0.29, 0.717) is 6.61 Å². The van der Waals surface area contributed by atoms with E-state index in [-0.39, 0.29) is 5.97 Å². The smallest absolute Gasteiger partial charge is 0.302 e. The summed E-state index contributed by atoms with van der Waals surface area (Å²) < 4.78 is 4.11. The van der Waals surface area contributed by atoms with E-state index in [0.717, 1.165) is 12.8 Å². The molecule has 6 nitrogen and oxygen atoms in total. The molecule has 0 saturated heterocycles. The molecule has 0 amide bonds. The summed E-state index contributed by atoms with van der Waals surface area (Å²) in [6, 6.07) is 0. The Balaban J connectivity index is -0.0000000766. The number of carbonyl (C=O) groups is 1. The second-order valence-corrected chi connectivity index (χ2v) is 3.62. The van der Waals surface area contributed by atoms with Gasteiger partial charge in [0.1, 0.15) is 0 Å². The van der Waals surface area contributed by atoms with E-state index in [9.17, 15) is 4.79 Å². The van der Waals surface area contributed by atoms with Crippen LogP contribution in [0.25, 0.3) is 0 Å². The fourth-order valence-corrected chi connectivity index (χ4v) is 0.362. The highest BCUT2D eigenvalue weighted by Crippen LogP contribution is 1.89. The third kappa shape index (κ3) is 169. The first kappa shape index (κ1) is 26.0. The molecule has 0 aliphatic rings. The minimum absolute atomic E-state index is 0.245. The van der Waals surface area contributed by atoms with Crippen molar-refractivity contribution in [2.45, 2.75) is 52.7 Å². The Kier molecular flexibility index (Phi) is 31.2. The molecule has 0 aromatic heterocycles. The number of methoxy groups -OCH3 is 1. The Morgan fingerprint density at radius 1 is 1.22 bits per heavy atom. The number of unbranched alkanes of at least 4 members (excludes halogenated alkanes) is 2. The summed E-state index contributed by atoms with van der Waals surface area (Å²) in [5.41, 5.74) is 4.50. The minimum Gasteiger partial charge on any atom is -0.469 e. The Labute approximate surface area is 111 Å². The number of esters is 1. The van der Waals surface area contributed by atoms with Crippen LogP contribution in [0.15, 0.2) is 0 Å². The topological polar surface area (TPSA) is 113 Å². The van der Waals surface area contributed by atoms with Gasteiger partial charge in [0, 0.05) is 13.5 Å². The molecule has 0 saturated carbocycles. The van der Waals surface area contributed by atoms with Gasteiger partial charge in [-0.25, -0.2) is 0 Å². The zero-order chi connectivity index (χ0) is 15.6. The van der Waals surface area contributed by atoms with Crippen LogP contribution < -0.4 is 5.73 Å². The lowest BCUT2D eigenvalue weighted by molar-refractivity contribution is -0.138. The lowest BCUT2D eigenvalue weighted by Crippen LogP contribution is -2.15. The van der Waals surface area contributed by atoms with Crippen molar-refractivity contribution in [1.29, 1.82) is 0 Å². The van der Waals surface area contributed by atoms with Crippen LogP contribution in [0.1, 0.15) is 47.0 Å². The van der Waals surface area contributed by atoms with Crippen LogP contribution in [0.2, 0.25) is 0 Å². The molecule has 0 radical (unpaired) electrons. The first-order chi connectivity index (χ1) is 8.18. The first-order valence-electron chi connectivity index (χ1n) is 5.86. The van der Waals surface area contributed by atoms with Crippen LogP contribution in [-0.4, -0.2) is 47.8 Å². The quantitative estimate of drug-likeness (QED) is 0.339. The SMILES string of the molecule is CC(C)(O)O.CCCCCO.CN.COC(C)=O. The third-order valence-corrected chi connectivity index (χ3v) is 1.05. The number of hydrogen-bond acceptors (Lipinski definition) is 6. The van der Waals surface area contributed by atoms with Gasteiger partial charge in [-0.3, -0.25) is 4.79 Å². The average molecular weight is 269 g/mol. The maximum Gasteiger partial charge on any atom is 0.302 e. The molecule has 0 rings (SSSR count). The molecule has 5 N–H and O–H groups in total. The number of carbonyl (C=O) groups excluding carboxylic acids is 1. The largest absolute Gasteiger partial charge is 0.469 e. The number of aliphatic hydroxyl groups is 3. The van der Waals surface area contributed by atoms with E-state index in [2.05, 4.69) is 17.4 Å². The van der Waals surface area contributed by atoms with E-state index in [1.54, 1.807) is 0 Å². The monoisotopic (exact) mass is 269 g/mol. The fourth-order valence-electron chi connectivity index (χ4n) is 0.362. The molecule has 114 valence electrons. The zero-order valence-corrected chi connectivity index (χ0v) is 12.6. The van der Waals surface area contributed by atoms with Crippen molar-refractivity contribution in [1.82, 2.24) is 0 Å². The number of nitrogens with two attached hydrogens (primary N) is 1. The van der Waals surface area contributed by atoms with Crippen molar-refractivity contribution in [2.24, 2.45) is 5.73 Å². The first-order valence-corrected chi connectivity index (χ1v) is 5.86. The summed E-state index contributed by atoms with van der Waals surface area (Å²) in [5, 5.41) is 24.4. The number of aliphatic hydroxyl groups excluding tert-OH is 1. The average Bonchev–Trinajstić information content (AvgIpc) is 2.27. The normalized spacial score (nSPS) is 8.56. The van der Waals surface area contributed by atoms with Crippen LogP contribution in [0.5, 0.6) is 0 Å². The van der Waals surface area contributed by atoms with Gasteiger partial charge in [0.25, 0.3) is 0 Å². The lowest BCUT2D eigenvalue weighted by Gasteiger charge is -2.03. The van der Waals surface area contributed by atoms with Crippen molar-refractivity contribution in [2.75, 3.05) is 20.8 Å². The maximum atomic E-state index is 9.59. The van der Waals surface area contributed by atoms with E-state index >= 15 is 0 Å². The number of rotatable bonds is 3.